The van der Waals surface area contributed by atoms with Crippen molar-refractivity contribution in [2.45, 2.75) is 18.5 Å². The van der Waals surface area contributed by atoms with Crippen molar-refractivity contribution in [3.05, 3.63) is 72.0 Å². The number of ether oxygens (including phenoxy) is 2. The van der Waals surface area contributed by atoms with Gasteiger partial charge < -0.3 is 25.0 Å². The number of methoxy groups -OCH3 is 1. The zero-order chi connectivity index (χ0) is 29.1. The first-order chi connectivity index (χ1) is 20.5. The molecule has 0 saturated carbocycles. The molecule has 3 aromatic rings. The minimum Gasteiger partial charge on any atom is -0.494 e. The van der Waals surface area contributed by atoms with Gasteiger partial charge in [-0.2, -0.15) is 0 Å². The molecule has 3 saturated heterocycles. The van der Waals surface area contributed by atoms with Crippen LogP contribution in [0, 0.1) is 0 Å². The van der Waals surface area contributed by atoms with Gasteiger partial charge in [-0.25, -0.2) is 15.0 Å². The molecule has 42 heavy (non-hydrogen) atoms. The van der Waals surface area contributed by atoms with Crippen molar-refractivity contribution < 1.29 is 19.1 Å². The number of anilines is 5. The maximum absolute atomic E-state index is 12.4. The summed E-state index contributed by atoms with van der Waals surface area (Å²) in [7, 11) is 1.62. The number of hydrogen-bond donors (Lipinski definition) is 2. The van der Waals surface area contributed by atoms with E-state index in [1.807, 2.05) is 42.5 Å². The third kappa shape index (κ3) is 6.00. The number of carbonyl (C=O) groups excluding carboxylic acids is 1. The van der Waals surface area contributed by atoms with Gasteiger partial charge in [0.2, 0.25) is 5.91 Å². The molecule has 1 atom stereocenters. The zero-order valence-electron chi connectivity index (χ0n) is 23.5. The molecule has 0 bridgehead atoms. The van der Waals surface area contributed by atoms with Crippen molar-refractivity contribution in [1.82, 2.24) is 14.9 Å². The Labute approximate surface area is 250 Å². The van der Waals surface area contributed by atoms with Crippen molar-refractivity contribution in [2.75, 3.05) is 73.7 Å². The standard InChI is InChI=1S/C30H34ClN7O4/c1-3-30(39)35-23-14-24(27(40-2)15-26(23)37-10-8-36(9-11-37)22-17-41-18-22)34-28-16-29(33-19-32-28)38-25(7-12-42-38)20-5-4-6-21(31)13-20/h3-6,13-16,19,22,25H,1,7-12,17-18H2,2H3,(H,35,39)(H,32,33,34). The van der Waals surface area contributed by atoms with Crippen LogP contribution in [0.25, 0.3) is 0 Å². The predicted octanol–water partition coefficient (Wildman–Crippen LogP) is 4.41. The number of hydrogen-bond acceptors (Lipinski definition) is 10. The highest BCUT2D eigenvalue weighted by atomic mass is 35.5. The van der Waals surface area contributed by atoms with Crippen LogP contribution in [-0.2, 0) is 14.4 Å². The Morgan fingerprint density at radius 1 is 1.12 bits per heavy atom. The molecule has 0 aliphatic carbocycles. The second kappa shape index (κ2) is 12.5. The van der Waals surface area contributed by atoms with E-state index in [1.165, 1.54) is 12.4 Å². The molecule has 220 valence electrons. The quantitative estimate of drug-likeness (QED) is 0.348. The lowest BCUT2D eigenvalue weighted by Crippen LogP contribution is -2.56. The summed E-state index contributed by atoms with van der Waals surface area (Å²) >= 11 is 6.25. The fourth-order valence-electron chi connectivity index (χ4n) is 5.53. The summed E-state index contributed by atoms with van der Waals surface area (Å²) in [6.07, 6.45) is 3.55. The summed E-state index contributed by atoms with van der Waals surface area (Å²) in [5.74, 6) is 1.48. The average molecular weight is 592 g/mol. The van der Waals surface area contributed by atoms with E-state index >= 15 is 0 Å². The average Bonchev–Trinajstić information content (AvgIpc) is 3.47. The molecular weight excluding hydrogens is 558 g/mol. The van der Waals surface area contributed by atoms with Crippen LogP contribution in [0.3, 0.4) is 0 Å². The maximum atomic E-state index is 12.4. The smallest absolute Gasteiger partial charge is 0.247 e. The number of amides is 1. The van der Waals surface area contributed by atoms with Gasteiger partial charge in [-0.15, -0.1) is 0 Å². The molecule has 6 rings (SSSR count). The van der Waals surface area contributed by atoms with Gasteiger partial charge in [-0.1, -0.05) is 30.3 Å². The van der Waals surface area contributed by atoms with Crippen LogP contribution in [0.4, 0.5) is 28.7 Å². The number of rotatable bonds is 9. The van der Waals surface area contributed by atoms with Crippen LogP contribution in [0.5, 0.6) is 5.75 Å². The van der Waals surface area contributed by atoms with Crippen LogP contribution in [0.1, 0.15) is 18.0 Å². The molecule has 4 heterocycles. The van der Waals surface area contributed by atoms with Gasteiger partial charge in [0.05, 0.1) is 56.1 Å². The predicted molar refractivity (Wildman–Crippen MR) is 163 cm³/mol. The van der Waals surface area contributed by atoms with Crippen LogP contribution < -0.4 is 25.3 Å². The fraction of sp³-hybridized carbons (Fsp3) is 0.367. The van der Waals surface area contributed by atoms with E-state index in [2.05, 4.69) is 37.0 Å². The molecular formula is C30H34ClN7O4. The number of piperazine rings is 1. The summed E-state index contributed by atoms with van der Waals surface area (Å²) in [6.45, 7) is 9.26. The van der Waals surface area contributed by atoms with Gasteiger partial charge >= 0.3 is 0 Å². The van der Waals surface area contributed by atoms with Gasteiger partial charge in [-0.3, -0.25) is 14.5 Å². The van der Waals surface area contributed by atoms with E-state index in [0.717, 1.165) is 57.1 Å². The Morgan fingerprint density at radius 3 is 2.67 bits per heavy atom. The van der Waals surface area contributed by atoms with Crippen molar-refractivity contribution in [2.24, 2.45) is 0 Å². The molecule has 3 aliphatic heterocycles. The number of nitrogens with one attached hydrogen (secondary N) is 2. The highest BCUT2D eigenvalue weighted by Gasteiger charge is 2.31. The summed E-state index contributed by atoms with van der Waals surface area (Å²) in [4.78, 5) is 32.0. The highest BCUT2D eigenvalue weighted by Crippen LogP contribution is 2.40. The third-order valence-corrected chi connectivity index (χ3v) is 8.07. The lowest BCUT2D eigenvalue weighted by atomic mass is 10.0. The van der Waals surface area contributed by atoms with E-state index in [0.29, 0.717) is 46.4 Å². The third-order valence-electron chi connectivity index (χ3n) is 7.83. The summed E-state index contributed by atoms with van der Waals surface area (Å²) in [6, 6.07) is 13.9. The van der Waals surface area contributed by atoms with Gasteiger partial charge in [0.1, 0.15) is 17.9 Å². The first-order valence-corrected chi connectivity index (χ1v) is 14.4. The van der Waals surface area contributed by atoms with Crippen LogP contribution in [-0.4, -0.2) is 79.9 Å². The van der Waals surface area contributed by atoms with Crippen molar-refractivity contribution >= 4 is 46.2 Å². The van der Waals surface area contributed by atoms with Gasteiger partial charge in [-0.05, 0) is 29.8 Å². The zero-order valence-corrected chi connectivity index (χ0v) is 24.2. The maximum Gasteiger partial charge on any atom is 0.247 e. The monoisotopic (exact) mass is 591 g/mol. The molecule has 0 spiro atoms. The van der Waals surface area contributed by atoms with Crippen molar-refractivity contribution in [3.8, 4) is 5.75 Å². The normalized spacial score (nSPS) is 19.3. The SMILES string of the molecule is C=CC(=O)Nc1cc(Nc2cc(N3OCCC3c3cccc(Cl)c3)ncn2)c(OC)cc1N1CCN(C2COC2)CC1. The van der Waals surface area contributed by atoms with E-state index < -0.39 is 0 Å². The number of aromatic nitrogens is 2. The molecule has 3 fully saturated rings. The Morgan fingerprint density at radius 2 is 1.95 bits per heavy atom. The van der Waals surface area contributed by atoms with E-state index in [-0.39, 0.29) is 11.9 Å². The number of benzene rings is 2. The largest absolute Gasteiger partial charge is 0.494 e. The van der Waals surface area contributed by atoms with Gasteiger partial charge in [0.25, 0.3) is 0 Å². The second-order valence-corrected chi connectivity index (χ2v) is 10.8. The number of nitrogens with zero attached hydrogens (tertiary/aromatic N) is 5. The van der Waals surface area contributed by atoms with Crippen molar-refractivity contribution in [3.63, 3.8) is 0 Å². The number of hydroxylamine groups is 1. The topological polar surface area (TPSA) is 104 Å². The van der Waals surface area contributed by atoms with E-state index in [9.17, 15) is 4.79 Å². The Hall–Kier alpha value is -3.90. The lowest BCUT2D eigenvalue weighted by Gasteiger charge is -2.43. The van der Waals surface area contributed by atoms with Crippen LogP contribution in [0.15, 0.2) is 61.4 Å². The van der Waals surface area contributed by atoms with Gasteiger partial charge in [0, 0.05) is 49.8 Å². The van der Waals surface area contributed by atoms with E-state index in [4.69, 9.17) is 25.9 Å². The first-order valence-electron chi connectivity index (χ1n) is 14.0. The molecule has 1 amide bonds. The van der Waals surface area contributed by atoms with E-state index in [1.54, 1.807) is 12.2 Å². The Bertz CT molecular complexity index is 1440. The summed E-state index contributed by atoms with van der Waals surface area (Å²) < 4.78 is 11.2. The van der Waals surface area contributed by atoms with Crippen molar-refractivity contribution in [1.29, 1.82) is 0 Å². The second-order valence-electron chi connectivity index (χ2n) is 10.4. The fourth-order valence-corrected chi connectivity index (χ4v) is 5.73. The lowest BCUT2D eigenvalue weighted by molar-refractivity contribution is -0.111. The Kier molecular flexibility index (Phi) is 8.43. The van der Waals surface area contributed by atoms with Crippen LogP contribution >= 0.6 is 11.6 Å². The molecule has 3 aliphatic rings. The number of halogens is 1. The summed E-state index contributed by atoms with van der Waals surface area (Å²) in [5, 5.41) is 8.80. The van der Waals surface area contributed by atoms with Gasteiger partial charge in [0.15, 0.2) is 5.82 Å². The first kappa shape index (κ1) is 28.2. The molecule has 2 aromatic carbocycles. The molecule has 0 radical (unpaired) electrons. The van der Waals surface area contributed by atoms with Crippen LogP contribution in [0.2, 0.25) is 5.02 Å². The minimum absolute atomic E-state index is 0.0294. The Balaban J connectivity index is 1.25. The molecule has 1 unspecified atom stereocenters. The molecule has 1 aromatic heterocycles. The highest BCUT2D eigenvalue weighted by molar-refractivity contribution is 6.30. The molecule has 2 N–H and O–H groups in total. The number of carbonyl (C=O) groups is 1. The molecule has 11 nitrogen and oxygen atoms in total. The minimum atomic E-state index is -0.291. The summed E-state index contributed by atoms with van der Waals surface area (Å²) in [5.41, 5.74) is 3.23. The molecule has 12 heteroatoms.